The molecule has 132 valence electrons. The van der Waals surface area contributed by atoms with Gasteiger partial charge in [0.15, 0.2) is 26.8 Å². The van der Waals surface area contributed by atoms with Crippen LogP contribution < -0.4 is 9.47 Å². The van der Waals surface area contributed by atoms with Crippen molar-refractivity contribution in [3.63, 3.8) is 0 Å². The van der Waals surface area contributed by atoms with E-state index in [4.69, 9.17) is 9.47 Å². The summed E-state index contributed by atoms with van der Waals surface area (Å²) in [4.78, 5) is 11.9. The maximum atomic E-state index is 13.0. The molecule has 0 unspecified atom stereocenters. The van der Waals surface area contributed by atoms with Crippen LogP contribution in [0.5, 0.6) is 11.5 Å². The van der Waals surface area contributed by atoms with E-state index in [9.17, 15) is 23.6 Å². The van der Waals surface area contributed by atoms with Gasteiger partial charge < -0.3 is 14.6 Å². The standard InChI is InChI=1S/C18H13NO6S/c19-9-18(17(20)21)15(11-6-7-13-14(8-11)25-10-24-13)16(18)26(22,23)12-4-2-1-3-5-12/h1-8,15-16H,10H2,(H,20,21)/t15-,16-,18+/m0/s1. The van der Waals surface area contributed by atoms with Crippen LogP contribution in [0, 0.1) is 16.7 Å². The van der Waals surface area contributed by atoms with Gasteiger partial charge in [-0.1, -0.05) is 24.3 Å². The maximum Gasteiger partial charge on any atom is 0.326 e. The summed E-state index contributed by atoms with van der Waals surface area (Å²) in [5, 5.41) is 17.9. The maximum absolute atomic E-state index is 13.0. The summed E-state index contributed by atoms with van der Waals surface area (Å²) >= 11 is 0. The Labute approximate surface area is 149 Å². The zero-order valence-corrected chi connectivity index (χ0v) is 14.1. The summed E-state index contributed by atoms with van der Waals surface area (Å²) in [6, 6.07) is 14.0. The molecule has 1 heterocycles. The Hall–Kier alpha value is -3.05. The first-order valence-electron chi connectivity index (χ1n) is 7.76. The summed E-state index contributed by atoms with van der Waals surface area (Å²) in [6.45, 7) is 0.0392. The molecular formula is C18H13NO6S. The number of aliphatic carboxylic acids is 1. The van der Waals surface area contributed by atoms with E-state index in [1.54, 1.807) is 42.5 Å². The monoisotopic (exact) mass is 371 g/mol. The first-order chi connectivity index (χ1) is 12.4. The van der Waals surface area contributed by atoms with Crippen LogP contribution >= 0.6 is 0 Å². The molecule has 4 rings (SSSR count). The van der Waals surface area contributed by atoms with Crippen LogP contribution in [0.3, 0.4) is 0 Å². The summed E-state index contributed by atoms with van der Waals surface area (Å²) in [6.07, 6.45) is 0. The van der Waals surface area contributed by atoms with Gasteiger partial charge in [0.25, 0.3) is 0 Å². The summed E-state index contributed by atoms with van der Waals surface area (Å²) in [7, 11) is -4.02. The molecule has 1 N–H and O–H groups in total. The number of hydrogen-bond acceptors (Lipinski definition) is 6. The predicted octanol–water partition coefficient (Wildman–Crippen LogP) is 1.95. The highest BCUT2D eigenvalue weighted by molar-refractivity contribution is 7.92. The Bertz CT molecular complexity index is 1040. The third kappa shape index (κ3) is 2.10. The molecule has 7 nitrogen and oxygen atoms in total. The van der Waals surface area contributed by atoms with Crippen LogP contribution in [-0.4, -0.2) is 31.5 Å². The molecule has 0 amide bonds. The first kappa shape index (κ1) is 16.4. The van der Waals surface area contributed by atoms with E-state index >= 15 is 0 Å². The summed E-state index contributed by atoms with van der Waals surface area (Å²) in [5.74, 6) is -1.55. The SMILES string of the molecule is N#C[C@@]1(C(=O)O)[C@@H](c2ccc3c(c2)OCO3)[C@@H]1S(=O)(=O)c1ccccc1. The van der Waals surface area contributed by atoms with E-state index in [1.165, 1.54) is 12.1 Å². The van der Waals surface area contributed by atoms with Crippen molar-refractivity contribution in [2.75, 3.05) is 6.79 Å². The van der Waals surface area contributed by atoms with Crippen molar-refractivity contribution in [3.8, 4) is 17.6 Å². The van der Waals surface area contributed by atoms with Crippen molar-refractivity contribution in [2.24, 2.45) is 5.41 Å². The van der Waals surface area contributed by atoms with Crippen LogP contribution in [0.2, 0.25) is 0 Å². The molecule has 0 bridgehead atoms. The lowest BCUT2D eigenvalue weighted by molar-refractivity contribution is -0.141. The number of benzene rings is 2. The average molecular weight is 371 g/mol. The zero-order chi connectivity index (χ0) is 18.5. The number of nitriles is 1. The van der Waals surface area contributed by atoms with E-state index in [2.05, 4.69) is 0 Å². The molecule has 3 atom stereocenters. The van der Waals surface area contributed by atoms with Crippen LogP contribution in [-0.2, 0) is 14.6 Å². The largest absolute Gasteiger partial charge is 0.480 e. The lowest BCUT2D eigenvalue weighted by Crippen LogP contribution is -2.22. The minimum absolute atomic E-state index is 0.00545. The van der Waals surface area contributed by atoms with Gasteiger partial charge in [0.1, 0.15) is 5.25 Å². The third-order valence-electron chi connectivity index (χ3n) is 4.83. The second-order valence-electron chi connectivity index (χ2n) is 6.16. The average Bonchev–Trinajstić information content (AvgIpc) is 3.15. The van der Waals surface area contributed by atoms with Gasteiger partial charge in [-0.3, -0.25) is 4.79 Å². The van der Waals surface area contributed by atoms with E-state index < -0.39 is 32.4 Å². The van der Waals surface area contributed by atoms with Crippen molar-refractivity contribution in [1.29, 1.82) is 5.26 Å². The number of hydrogen-bond donors (Lipinski definition) is 1. The summed E-state index contributed by atoms with van der Waals surface area (Å²) < 4.78 is 36.5. The molecule has 0 spiro atoms. The topological polar surface area (TPSA) is 114 Å². The molecule has 1 saturated carbocycles. The van der Waals surface area contributed by atoms with Crippen molar-refractivity contribution < 1.29 is 27.8 Å². The highest BCUT2D eigenvalue weighted by atomic mass is 32.2. The first-order valence-corrected chi connectivity index (χ1v) is 9.30. The highest BCUT2D eigenvalue weighted by Crippen LogP contribution is 2.64. The smallest absolute Gasteiger partial charge is 0.326 e. The molecule has 2 aromatic rings. The fourth-order valence-corrected chi connectivity index (χ4v) is 5.79. The number of carboxylic acids is 1. The molecular weight excluding hydrogens is 358 g/mol. The highest BCUT2D eigenvalue weighted by Gasteiger charge is 2.77. The normalized spacial score (nSPS) is 26.1. The van der Waals surface area contributed by atoms with Gasteiger partial charge >= 0.3 is 5.97 Å². The molecule has 0 saturated heterocycles. The Balaban J connectivity index is 1.83. The third-order valence-corrected chi connectivity index (χ3v) is 7.08. The lowest BCUT2D eigenvalue weighted by atomic mass is 10.0. The molecule has 0 aromatic heterocycles. The van der Waals surface area contributed by atoms with Crippen LogP contribution in [0.15, 0.2) is 53.4 Å². The molecule has 26 heavy (non-hydrogen) atoms. The minimum atomic E-state index is -4.02. The predicted molar refractivity (Wildman–Crippen MR) is 88.4 cm³/mol. The lowest BCUT2D eigenvalue weighted by Gasteiger charge is -2.04. The van der Waals surface area contributed by atoms with Crippen molar-refractivity contribution in [1.82, 2.24) is 0 Å². The Morgan fingerprint density at radius 2 is 1.85 bits per heavy atom. The number of fused-ring (bicyclic) bond motifs is 1. The molecule has 2 aliphatic rings. The van der Waals surface area contributed by atoms with Gasteiger partial charge in [-0.05, 0) is 29.8 Å². The van der Waals surface area contributed by atoms with Gasteiger partial charge in [0, 0.05) is 5.92 Å². The van der Waals surface area contributed by atoms with Gasteiger partial charge in [0.2, 0.25) is 6.79 Å². The minimum Gasteiger partial charge on any atom is -0.480 e. The van der Waals surface area contributed by atoms with Crippen LogP contribution in [0.25, 0.3) is 0 Å². The molecule has 1 fully saturated rings. The molecule has 2 aromatic carbocycles. The Morgan fingerprint density at radius 1 is 1.15 bits per heavy atom. The van der Waals surface area contributed by atoms with Crippen molar-refractivity contribution >= 4 is 15.8 Å². The van der Waals surface area contributed by atoms with Gasteiger partial charge in [-0.25, -0.2) is 8.42 Å². The van der Waals surface area contributed by atoms with Gasteiger partial charge in [-0.15, -0.1) is 0 Å². The second kappa shape index (κ2) is 5.47. The fourth-order valence-electron chi connectivity index (χ4n) is 3.52. The number of rotatable bonds is 4. The van der Waals surface area contributed by atoms with Crippen LogP contribution in [0.4, 0.5) is 0 Å². The number of carboxylic acid groups (broad SMARTS) is 1. The fraction of sp³-hybridized carbons (Fsp3) is 0.222. The number of sulfone groups is 1. The van der Waals surface area contributed by atoms with Crippen molar-refractivity contribution in [3.05, 3.63) is 54.1 Å². The second-order valence-corrected chi connectivity index (χ2v) is 8.22. The zero-order valence-electron chi connectivity index (χ0n) is 13.3. The Morgan fingerprint density at radius 3 is 2.50 bits per heavy atom. The quantitative estimate of drug-likeness (QED) is 0.874. The number of ether oxygens (including phenoxy) is 2. The molecule has 8 heteroatoms. The number of carbonyl (C=O) groups is 1. The van der Waals surface area contributed by atoms with E-state index in [0.29, 0.717) is 17.1 Å². The van der Waals surface area contributed by atoms with Crippen LogP contribution in [0.1, 0.15) is 11.5 Å². The summed E-state index contributed by atoms with van der Waals surface area (Å²) in [5.41, 5.74) is -1.62. The molecule has 1 aliphatic carbocycles. The molecule has 1 aliphatic heterocycles. The van der Waals surface area contributed by atoms with Crippen molar-refractivity contribution in [2.45, 2.75) is 16.1 Å². The van der Waals surface area contributed by atoms with Gasteiger partial charge in [0.05, 0.1) is 11.0 Å². The number of nitrogens with zero attached hydrogens (tertiary/aromatic N) is 1. The van der Waals surface area contributed by atoms with Gasteiger partial charge in [-0.2, -0.15) is 5.26 Å². The van der Waals surface area contributed by atoms with E-state index in [1.807, 2.05) is 0 Å². The van der Waals surface area contributed by atoms with E-state index in [-0.39, 0.29) is 11.7 Å². The molecule has 0 radical (unpaired) electrons. The Kier molecular flexibility index (Phi) is 3.46. The van der Waals surface area contributed by atoms with E-state index in [0.717, 1.165) is 0 Å².